The molecular formula is C18H37N5O2. The molecule has 0 atom stereocenters. The van der Waals surface area contributed by atoms with Crippen LogP contribution in [0.25, 0.3) is 0 Å². The number of nitrogens with zero attached hydrogens (tertiary/aromatic N) is 2. The predicted octanol–water partition coefficient (Wildman–Crippen LogP) is 1.94. The van der Waals surface area contributed by atoms with Gasteiger partial charge in [-0.15, -0.1) is 0 Å². The van der Waals surface area contributed by atoms with Crippen LogP contribution in [0.1, 0.15) is 53.4 Å². The SMILES string of the molecule is CCNC(=NCCN(C)C1CCCC1)NCCNC(=O)OC(C)(C)C. The Hall–Kier alpha value is -1.50. The second-order valence-electron chi connectivity index (χ2n) is 7.53. The lowest BCUT2D eigenvalue weighted by molar-refractivity contribution is 0.0529. The Labute approximate surface area is 153 Å². The number of alkyl carbamates (subject to hydrolysis) is 1. The first-order valence-corrected chi connectivity index (χ1v) is 9.51. The van der Waals surface area contributed by atoms with Gasteiger partial charge in [0.15, 0.2) is 5.96 Å². The van der Waals surface area contributed by atoms with E-state index in [4.69, 9.17) is 4.74 Å². The first-order valence-electron chi connectivity index (χ1n) is 9.51. The molecule has 1 aliphatic carbocycles. The van der Waals surface area contributed by atoms with Gasteiger partial charge in [0.1, 0.15) is 5.60 Å². The third kappa shape index (κ3) is 10.2. The number of guanidine groups is 1. The maximum absolute atomic E-state index is 11.6. The number of rotatable bonds is 8. The van der Waals surface area contributed by atoms with Gasteiger partial charge in [-0.25, -0.2) is 4.79 Å². The van der Waals surface area contributed by atoms with Gasteiger partial charge in [-0.1, -0.05) is 12.8 Å². The molecule has 25 heavy (non-hydrogen) atoms. The molecule has 146 valence electrons. The molecule has 0 aromatic rings. The molecule has 1 aliphatic rings. The Kier molecular flexibility index (Phi) is 9.63. The van der Waals surface area contributed by atoms with Gasteiger partial charge < -0.3 is 25.6 Å². The van der Waals surface area contributed by atoms with Crippen LogP contribution in [0.5, 0.6) is 0 Å². The van der Waals surface area contributed by atoms with E-state index in [1.807, 2.05) is 27.7 Å². The fourth-order valence-electron chi connectivity index (χ4n) is 2.85. The lowest BCUT2D eigenvalue weighted by Gasteiger charge is -2.23. The van der Waals surface area contributed by atoms with E-state index in [-0.39, 0.29) is 0 Å². The first-order chi connectivity index (χ1) is 11.8. The molecule has 0 heterocycles. The molecule has 1 rings (SSSR count). The van der Waals surface area contributed by atoms with Crippen LogP contribution in [0.4, 0.5) is 4.79 Å². The number of carbonyl (C=O) groups excluding carboxylic acids is 1. The number of aliphatic imine (C=N–C) groups is 1. The smallest absolute Gasteiger partial charge is 0.407 e. The van der Waals surface area contributed by atoms with Crippen LogP contribution < -0.4 is 16.0 Å². The zero-order valence-electron chi connectivity index (χ0n) is 16.7. The summed E-state index contributed by atoms with van der Waals surface area (Å²) >= 11 is 0. The van der Waals surface area contributed by atoms with Crippen molar-refractivity contribution in [2.24, 2.45) is 4.99 Å². The van der Waals surface area contributed by atoms with E-state index in [1.54, 1.807) is 0 Å². The zero-order chi connectivity index (χ0) is 18.7. The molecule has 0 unspecified atom stereocenters. The van der Waals surface area contributed by atoms with Gasteiger partial charge in [0.05, 0.1) is 6.54 Å². The van der Waals surface area contributed by atoms with Gasteiger partial charge >= 0.3 is 6.09 Å². The molecule has 1 amide bonds. The highest BCUT2D eigenvalue weighted by Gasteiger charge is 2.18. The first kappa shape index (κ1) is 21.5. The van der Waals surface area contributed by atoms with Crippen molar-refractivity contribution >= 4 is 12.1 Å². The molecule has 3 N–H and O–H groups in total. The van der Waals surface area contributed by atoms with Crippen LogP contribution in [0.3, 0.4) is 0 Å². The number of hydrogen-bond acceptors (Lipinski definition) is 4. The van der Waals surface area contributed by atoms with Gasteiger partial charge in [0, 0.05) is 32.2 Å². The Morgan fingerprint density at radius 1 is 1.16 bits per heavy atom. The molecule has 0 aromatic heterocycles. The fourth-order valence-corrected chi connectivity index (χ4v) is 2.85. The average Bonchev–Trinajstić information content (AvgIpc) is 3.04. The monoisotopic (exact) mass is 355 g/mol. The van der Waals surface area contributed by atoms with Crippen molar-refractivity contribution in [1.82, 2.24) is 20.9 Å². The maximum atomic E-state index is 11.6. The molecule has 1 saturated carbocycles. The third-order valence-electron chi connectivity index (χ3n) is 4.10. The summed E-state index contributed by atoms with van der Waals surface area (Å²) in [4.78, 5) is 18.6. The lowest BCUT2D eigenvalue weighted by Crippen LogP contribution is -2.43. The van der Waals surface area contributed by atoms with Crippen LogP contribution in [0.2, 0.25) is 0 Å². The summed E-state index contributed by atoms with van der Waals surface area (Å²) in [6.07, 6.45) is 4.94. The second kappa shape index (κ2) is 11.2. The molecule has 0 aliphatic heterocycles. The molecule has 0 spiro atoms. The second-order valence-corrected chi connectivity index (χ2v) is 7.53. The number of likely N-dealkylation sites (N-methyl/N-ethyl adjacent to an activating group) is 1. The van der Waals surface area contributed by atoms with Crippen LogP contribution in [0, 0.1) is 0 Å². The quantitative estimate of drug-likeness (QED) is 0.352. The number of nitrogens with one attached hydrogen (secondary N) is 3. The molecule has 1 fully saturated rings. The standard InChI is InChI=1S/C18H37N5O2/c1-6-19-16(20-11-12-22-17(24)25-18(2,3)4)21-13-14-23(5)15-9-7-8-10-15/h15H,6-14H2,1-5H3,(H,22,24)(H2,19,20,21). The highest BCUT2D eigenvalue weighted by molar-refractivity contribution is 5.79. The van der Waals surface area contributed by atoms with E-state index in [1.165, 1.54) is 25.7 Å². The number of carbonyl (C=O) groups is 1. The average molecular weight is 356 g/mol. The minimum atomic E-state index is -0.473. The van der Waals surface area contributed by atoms with Crippen molar-refractivity contribution < 1.29 is 9.53 Å². The van der Waals surface area contributed by atoms with Gasteiger partial charge in [-0.3, -0.25) is 4.99 Å². The van der Waals surface area contributed by atoms with Crippen molar-refractivity contribution in [3.8, 4) is 0 Å². The Morgan fingerprint density at radius 3 is 2.40 bits per heavy atom. The van der Waals surface area contributed by atoms with Crippen molar-refractivity contribution in [3.63, 3.8) is 0 Å². The molecular weight excluding hydrogens is 318 g/mol. The summed E-state index contributed by atoms with van der Waals surface area (Å²) < 4.78 is 5.20. The van der Waals surface area contributed by atoms with E-state index in [0.717, 1.165) is 31.6 Å². The van der Waals surface area contributed by atoms with E-state index in [9.17, 15) is 4.79 Å². The summed E-state index contributed by atoms with van der Waals surface area (Å²) in [5.41, 5.74) is -0.473. The van der Waals surface area contributed by atoms with Crippen LogP contribution in [-0.4, -0.2) is 68.4 Å². The highest BCUT2D eigenvalue weighted by Crippen LogP contribution is 2.21. The van der Waals surface area contributed by atoms with Crippen LogP contribution >= 0.6 is 0 Å². The summed E-state index contributed by atoms with van der Waals surface area (Å²) in [5.74, 6) is 0.785. The number of ether oxygens (including phenoxy) is 1. The molecule has 0 saturated heterocycles. The van der Waals surface area contributed by atoms with Gasteiger partial charge in [-0.2, -0.15) is 0 Å². The van der Waals surface area contributed by atoms with Gasteiger partial charge in [0.2, 0.25) is 0 Å². The normalized spacial score (nSPS) is 16.2. The summed E-state index contributed by atoms with van der Waals surface area (Å²) in [7, 11) is 2.19. The van der Waals surface area contributed by atoms with Crippen molar-refractivity contribution in [2.45, 2.75) is 65.0 Å². The minimum Gasteiger partial charge on any atom is -0.444 e. The Balaban J connectivity index is 2.24. The largest absolute Gasteiger partial charge is 0.444 e. The van der Waals surface area contributed by atoms with E-state index in [0.29, 0.717) is 13.1 Å². The Morgan fingerprint density at radius 2 is 1.80 bits per heavy atom. The van der Waals surface area contributed by atoms with Crippen molar-refractivity contribution in [3.05, 3.63) is 0 Å². The highest BCUT2D eigenvalue weighted by atomic mass is 16.6. The minimum absolute atomic E-state index is 0.394. The molecule has 0 aromatic carbocycles. The van der Waals surface area contributed by atoms with Crippen molar-refractivity contribution in [1.29, 1.82) is 0 Å². The molecule has 0 bridgehead atoms. The lowest BCUT2D eigenvalue weighted by atomic mass is 10.2. The van der Waals surface area contributed by atoms with E-state index in [2.05, 4.69) is 32.9 Å². The van der Waals surface area contributed by atoms with Gasteiger partial charge in [-0.05, 0) is 47.6 Å². The topological polar surface area (TPSA) is 78.0 Å². The summed E-state index contributed by atoms with van der Waals surface area (Å²) in [5, 5.41) is 9.19. The fraction of sp³-hybridized carbons (Fsp3) is 0.889. The predicted molar refractivity (Wildman–Crippen MR) is 103 cm³/mol. The summed E-state index contributed by atoms with van der Waals surface area (Å²) in [6, 6.07) is 0.726. The van der Waals surface area contributed by atoms with Gasteiger partial charge in [0.25, 0.3) is 0 Å². The molecule has 7 nitrogen and oxygen atoms in total. The zero-order valence-corrected chi connectivity index (χ0v) is 16.7. The number of amides is 1. The van der Waals surface area contributed by atoms with E-state index < -0.39 is 11.7 Å². The van der Waals surface area contributed by atoms with Crippen LogP contribution in [0.15, 0.2) is 4.99 Å². The molecule has 7 heteroatoms. The third-order valence-corrected chi connectivity index (χ3v) is 4.10. The van der Waals surface area contributed by atoms with Crippen LogP contribution in [-0.2, 0) is 4.74 Å². The Bertz CT molecular complexity index is 414. The van der Waals surface area contributed by atoms with E-state index >= 15 is 0 Å². The molecule has 0 radical (unpaired) electrons. The maximum Gasteiger partial charge on any atom is 0.407 e. The number of hydrogen-bond donors (Lipinski definition) is 3. The van der Waals surface area contributed by atoms with Crippen molar-refractivity contribution in [2.75, 3.05) is 39.8 Å². The summed E-state index contributed by atoms with van der Waals surface area (Å²) in [6.45, 7) is 11.2.